The molecule has 2 rings (SSSR count). The smallest absolute Gasteiger partial charge is 0.0781 e. The fraction of sp³-hybridized carbons (Fsp3) is 0.333. The molecule has 74 valence electrons. The molecule has 2 aromatic rings. The van der Waals surface area contributed by atoms with Crippen LogP contribution in [0.3, 0.4) is 0 Å². The van der Waals surface area contributed by atoms with Crippen molar-refractivity contribution in [1.29, 1.82) is 0 Å². The molecule has 0 aliphatic rings. The van der Waals surface area contributed by atoms with Crippen molar-refractivity contribution in [2.45, 2.75) is 20.3 Å². The molecule has 14 heavy (non-hydrogen) atoms. The van der Waals surface area contributed by atoms with E-state index in [2.05, 4.69) is 42.8 Å². The summed E-state index contributed by atoms with van der Waals surface area (Å²) in [6.07, 6.45) is 1.06. The Labute approximate surface area is 84.1 Å². The van der Waals surface area contributed by atoms with E-state index in [0.29, 0.717) is 0 Å². The number of H-pyrrole nitrogens is 1. The third-order valence-corrected chi connectivity index (χ3v) is 2.79. The summed E-state index contributed by atoms with van der Waals surface area (Å²) in [5, 5.41) is 1.37. The number of quaternary nitrogens is 1. The number of nitrogens with one attached hydrogen (secondary N) is 1. The second-order valence-electron chi connectivity index (χ2n) is 3.83. The Hall–Kier alpha value is -1.28. The van der Waals surface area contributed by atoms with Crippen molar-refractivity contribution >= 4 is 10.9 Å². The Kier molecular flexibility index (Phi) is 2.30. The lowest BCUT2D eigenvalue weighted by Gasteiger charge is -1.97. The van der Waals surface area contributed by atoms with Crippen LogP contribution in [0.4, 0.5) is 0 Å². The number of fused-ring (bicyclic) bond motifs is 1. The second-order valence-corrected chi connectivity index (χ2v) is 3.83. The van der Waals surface area contributed by atoms with Crippen LogP contribution in [0.1, 0.15) is 16.8 Å². The molecule has 0 bridgehead atoms. The highest BCUT2D eigenvalue weighted by Crippen LogP contribution is 2.24. The Morgan fingerprint density at radius 1 is 1.29 bits per heavy atom. The van der Waals surface area contributed by atoms with E-state index in [1.165, 1.54) is 27.7 Å². The van der Waals surface area contributed by atoms with E-state index in [9.17, 15) is 0 Å². The van der Waals surface area contributed by atoms with Crippen molar-refractivity contribution in [3.63, 3.8) is 0 Å². The highest BCUT2D eigenvalue weighted by Gasteiger charge is 2.08. The molecule has 0 fully saturated rings. The predicted octanol–water partition coefficient (Wildman–Crippen LogP) is 1.57. The number of rotatable bonds is 2. The number of hydrogen-bond donors (Lipinski definition) is 2. The second kappa shape index (κ2) is 3.46. The summed E-state index contributed by atoms with van der Waals surface area (Å²) in [6, 6.07) is 6.46. The monoisotopic (exact) mass is 189 g/mol. The summed E-state index contributed by atoms with van der Waals surface area (Å²) in [5.41, 5.74) is 9.24. The molecular weight excluding hydrogens is 172 g/mol. The van der Waals surface area contributed by atoms with Gasteiger partial charge in [0.05, 0.1) is 6.54 Å². The molecule has 1 heterocycles. The summed E-state index contributed by atoms with van der Waals surface area (Å²) in [5.74, 6) is 0. The van der Waals surface area contributed by atoms with Crippen LogP contribution in [0.2, 0.25) is 0 Å². The van der Waals surface area contributed by atoms with Gasteiger partial charge in [-0.25, -0.2) is 0 Å². The molecule has 0 radical (unpaired) electrons. The zero-order chi connectivity index (χ0) is 10.1. The molecule has 0 unspecified atom stereocenters. The summed E-state index contributed by atoms with van der Waals surface area (Å²) < 4.78 is 0. The molecule has 0 atom stereocenters. The number of para-hydroxylation sites is 1. The standard InChI is InChI=1S/C12H16N2/c1-8-4-3-5-11-10(6-7-13)9(2)14-12(8)11/h3-5,14H,6-7,13H2,1-2H3/p+1. The van der Waals surface area contributed by atoms with Crippen LogP contribution in [0.15, 0.2) is 18.2 Å². The van der Waals surface area contributed by atoms with Crippen LogP contribution < -0.4 is 5.73 Å². The van der Waals surface area contributed by atoms with E-state index in [1.807, 2.05) is 0 Å². The summed E-state index contributed by atoms with van der Waals surface area (Å²) in [6.45, 7) is 5.25. The van der Waals surface area contributed by atoms with Crippen molar-refractivity contribution in [2.24, 2.45) is 0 Å². The molecule has 2 nitrogen and oxygen atoms in total. The van der Waals surface area contributed by atoms with Crippen LogP contribution in [0.5, 0.6) is 0 Å². The number of aryl methyl sites for hydroxylation is 2. The van der Waals surface area contributed by atoms with Crippen LogP contribution >= 0.6 is 0 Å². The van der Waals surface area contributed by atoms with E-state index in [0.717, 1.165) is 13.0 Å². The normalized spacial score (nSPS) is 11.1. The minimum atomic E-state index is 0.960. The first kappa shape index (κ1) is 9.28. The first-order valence-corrected chi connectivity index (χ1v) is 5.10. The SMILES string of the molecule is Cc1[nH]c2c(C)cccc2c1CC[NH3+]. The molecular formula is C12H17N2+. The van der Waals surface area contributed by atoms with Crippen LogP contribution in [0.25, 0.3) is 10.9 Å². The Bertz CT molecular complexity index is 455. The summed E-state index contributed by atoms with van der Waals surface area (Å²) >= 11 is 0. The zero-order valence-electron chi connectivity index (χ0n) is 8.85. The van der Waals surface area contributed by atoms with Gasteiger partial charge in [0.2, 0.25) is 0 Å². The van der Waals surface area contributed by atoms with Gasteiger partial charge in [-0.15, -0.1) is 0 Å². The van der Waals surface area contributed by atoms with Crippen molar-refractivity contribution < 1.29 is 5.73 Å². The van der Waals surface area contributed by atoms with Gasteiger partial charge in [-0.05, 0) is 25.0 Å². The van der Waals surface area contributed by atoms with E-state index >= 15 is 0 Å². The number of hydrogen-bond acceptors (Lipinski definition) is 0. The van der Waals surface area contributed by atoms with Crippen molar-refractivity contribution in [1.82, 2.24) is 4.98 Å². The molecule has 1 aromatic carbocycles. The maximum absolute atomic E-state index is 3.92. The minimum absolute atomic E-state index is 0.960. The maximum Gasteiger partial charge on any atom is 0.0781 e. The van der Waals surface area contributed by atoms with Crippen molar-refractivity contribution in [3.05, 3.63) is 35.0 Å². The first-order valence-electron chi connectivity index (χ1n) is 5.10. The molecule has 4 N–H and O–H groups in total. The Morgan fingerprint density at radius 2 is 2.07 bits per heavy atom. The lowest BCUT2D eigenvalue weighted by Crippen LogP contribution is -2.51. The van der Waals surface area contributed by atoms with Gasteiger partial charge >= 0.3 is 0 Å². The van der Waals surface area contributed by atoms with E-state index in [4.69, 9.17) is 0 Å². The highest BCUT2D eigenvalue weighted by atomic mass is 14.7. The van der Waals surface area contributed by atoms with Crippen LogP contribution in [-0.4, -0.2) is 11.5 Å². The van der Waals surface area contributed by atoms with Crippen LogP contribution in [-0.2, 0) is 6.42 Å². The number of aromatic nitrogens is 1. The first-order chi connectivity index (χ1) is 6.74. The fourth-order valence-corrected chi connectivity index (χ4v) is 2.05. The van der Waals surface area contributed by atoms with E-state index < -0.39 is 0 Å². The van der Waals surface area contributed by atoms with Gasteiger partial charge in [0.1, 0.15) is 0 Å². The van der Waals surface area contributed by atoms with Crippen molar-refractivity contribution in [2.75, 3.05) is 6.54 Å². The molecule has 0 spiro atoms. The highest BCUT2D eigenvalue weighted by molar-refractivity contribution is 5.87. The van der Waals surface area contributed by atoms with Gasteiger partial charge in [0, 0.05) is 23.0 Å². The third kappa shape index (κ3) is 1.32. The number of benzene rings is 1. The zero-order valence-corrected chi connectivity index (χ0v) is 8.85. The van der Waals surface area contributed by atoms with Gasteiger partial charge in [-0.3, -0.25) is 0 Å². The minimum Gasteiger partial charge on any atom is -0.358 e. The van der Waals surface area contributed by atoms with E-state index in [1.54, 1.807) is 0 Å². The van der Waals surface area contributed by atoms with Gasteiger partial charge in [-0.2, -0.15) is 0 Å². The average molecular weight is 189 g/mol. The molecule has 0 saturated heterocycles. The Balaban J connectivity index is 2.70. The topological polar surface area (TPSA) is 43.4 Å². The molecule has 0 amide bonds. The Morgan fingerprint density at radius 3 is 2.79 bits per heavy atom. The molecule has 1 aromatic heterocycles. The molecule has 0 aliphatic heterocycles. The average Bonchev–Trinajstić information content (AvgIpc) is 2.47. The van der Waals surface area contributed by atoms with Gasteiger partial charge in [-0.1, -0.05) is 18.2 Å². The van der Waals surface area contributed by atoms with Crippen LogP contribution in [0, 0.1) is 13.8 Å². The molecule has 0 aliphatic carbocycles. The lowest BCUT2D eigenvalue weighted by molar-refractivity contribution is -0.366. The number of aromatic amines is 1. The third-order valence-electron chi connectivity index (χ3n) is 2.79. The van der Waals surface area contributed by atoms with Gasteiger partial charge in [0.25, 0.3) is 0 Å². The largest absolute Gasteiger partial charge is 0.358 e. The summed E-state index contributed by atoms with van der Waals surface area (Å²) in [4.78, 5) is 3.45. The van der Waals surface area contributed by atoms with Crippen molar-refractivity contribution in [3.8, 4) is 0 Å². The lowest BCUT2D eigenvalue weighted by atomic mass is 10.1. The quantitative estimate of drug-likeness (QED) is 0.720. The van der Waals surface area contributed by atoms with Gasteiger partial charge < -0.3 is 10.7 Å². The fourth-order valence-electron chi connectivity index (χ4n) is 2.05. The maximum atomic E-state index is 3.92. The molecule has 0 saturated carbocycles. The molecule has 2 heteroatoms. The predicted molar refractivity (Wildman–Crippen MR) is 59.2 cm³/mol. The van der Waals surface area contributed by atoms with E-state index in [-0.39, 0.29) is 0 Å². The summed E-state index contributed by atoms with van der Waals surface area (Å²) in [7, 11) is 0. The van der Waals surface area contributed by atoms with Gasteiger partial charge in [0.15, 0.2) is 0 Å².